The van der Waals surface area contributed by atoms with Crippen LogP contribution in [0, 0.1) is 0 Å². The van der Waals surface area contributed by atoms with Crippen molar-refractivity contribution in [3.8, 4) is 11.3 Å². The van der Waals surface area contributed by atoms with Gasteiger partial charge in [0.2, 0.25) is 0 Å². The lowest BCUT2D eigenvalue weighted by molar-refractivity contribution is 0.835. The summed E-state index contributed by atoms with van der Waals surface area (Å²) >= 11 is 6.15. The predicted octanol–water partition coefficient (Wildman–Crippen LogP) is 4.37. The van der Waals surface area contributed by atoms with E-state index in [1.807, 2.05) is 0 Å². The minimum atomic E-state index is 0.423. The summed E-state index contributed by atoms with van der Waals surface area (Å²) in [7, 11) is 0. The molecule has 0 aliphatic heterocycles. The molecule has 0 saturated heterocycles. The van der Waals surface area contributed by atoms with Crippen LogP contribution in [-0.4, -0.2) is 15.4 Å². The third kappa shape index (κ3) is 2.27. The second kappa shape index (κ2) is 5.11. The smallest absolute Gasteiger partial charge is 0.152 e. The third-order valence-electron chi connectivity index (χ3n) is 3.12. The lowest BCUT2D eigenvalue weighted by atomic mass is 9.87. The molecule has 0 unspecified atom stereocenters. The zero-order valence-electron chi connectivity index (χ0n) is 11.2. The second-order valence-electron chi connectivity index (χ2n) is 5.10. The molecular formula is C14H18ClN3. The van der Waals surface area contributed by atoms with E-state index in [2.05, 4.69) is 61.3 Å². The first kappa shape index (κ1) is 13.1. The van der Waals surface area contributed by atoms with Crippen LogP contribution < -0.4 is 0 Å². The Morgan fingerprint density at radius 2 is 1.61 bits per heavy atom. The largest absolute Gasteiger partial charge is 0.246 e. The predicted molar refractivity (Wildman–Crippen MR) is 75.0 cm³/mol. The Bertz CT molecular complexity index is 517. The normalized spacial score (nSPS) is 11.5. The summed E-state index contributed by atoms with van der Waals surface area (Å²) in [6, 6.07) is 6.37. The molecule has 18 heavy (non-hydrogen) atoms. The topological polar surface area (TPSA) is 41.6 Å². The molecule has 0 fully saturated rings. The average molecular weight is 264 g/mol. The highest BCUT2D eigenvalue weighted by Gasteiger charge is 2.19. The van der Waals surface area contributed by atoms with Crippen molar-refractivity contribution < 1.29 is 0 Å². The number of rotatable bonds is 3. The first-order valence-corrected chi connectivity index (χ1v) is 6.59. The second-order valence-corrected chi connectivity index (χ2v) is 5.47. The Labute approximate surface area is 113 Å². The lowest BCUT2D eigenvalue weighted by Crippen LogP contribution is -2.00. The molecule has 0 atom stereocenters. The van der Waals surface area contributed by atoms with Gasteiger partial charge in [0.1, 0.15) is 5.69 Å². The molecule has 0 amide bonds. The summed E-state index contributed by atoms with van der Waals surface area (Å²) in [6.07, 6.45) is 0. The fourth-order valence-electron chi connectivity index (χ4n) is 2.20. The Morgan fingerprint density at radius 1 is 1.06 bits per heavy atom. The molecule has 1 N–H and O–H groups in total. The van der Waals surface area contributed by atoms with E-state index in [9.17, 15) is 0 Å². The number of hydrogen-bond acceptors (Lipinski definition) is 2. The van der Waals surface area contributed by atoms with Gasteiger partial charge in [0.05, 0.1) is 0 Å². The van der Waals surface area contributed by atoms with Gasteiger partial charge in [0.25, 0.3) is 0 Å². The van der Waals surface area contributed by atoms with E-state index in [4.69, 9.17) is 11.6 Å². The van der Waals surface area contributed by atoms with Gasteiger partial charge in [-0.2, -0.15) is 0 Å². The van der Waals surface area contributed by atoms with Crippen LogP contribution in [0.3, 0.4) is 0 Å². The SMILES string of the molecule is CC(C)c1cccc(C(C)C)c1-c1nn[nH]c1Cl. The minimum absolute atomic E-state index is 0.423. The van der Waals surface area contributed by atoms with Crippen molar-refractivity contribution >= 4 is 11.6 Å². The summed E-state index contributed by atoms with van der Waals surface area (Å²) in [5.74, 6) is 0.845. The highest BCUT2D eigenvalue weighted by Crippen LogP contribution is 2.37. The summed E-state index contributed by atoms with van der Waals surface area (Å²) in [5.41, 5.74) is 4.40. The van der Waals surface area contributed by atoms with Crippen LogP contribution in [-0.2, 0) is 0 Å². The number of H-pyrrole nitrogens is 1. The lowest BCUT2D eigenvalue weighted by Gasteiger charge is -2.18. The third-order valence-corrected chi connectivity index (χ3v) is 3.38. The van der Waals surface area contributed by atoms with Crippen LogP contribution in [0.25, 0.3) is 11.3 Å². The molecule has 2 rings (SSSR count). The van der Waals surface area contributed by atoms with Gasteiger partial charge < -0.3 is 0 Å². The van der Waals surface area contributed by atoms with Crippen molar-refractivity contribution in [2.45, 2.75) is 39.5 Å². The van der Waals surface area contributed by atoms with E-state index in [-0.39, 0.29) is 0 Å². The van der Waals surface area contributed by atoms with E-state index in [1.54, 1.807) is 0 Å². The molecule has 0 radical (unpaired) electrons. The zero-order chi connectivity index (χ0) is 13.3. The number of benzene rings is 1. The minimum Gasteiger partial charge on any atom is -0.246 e. The average Bonchev–Trinajstić information content (AvgIpc) is 2.74. The molecular weight excluding hydrogens is 246 g/mol. The number of nitrogens with zero attached hydrogens (tertiary/aromatic N) is 2. The van der Waals surface area contributed by atoms with Crippen molar-refractivity contribution in [2.75, 3.05) is 0 Å². The molecule has 2 aromatic rings. The molecule has 0 spiro atoms. The van der Waals surface area contributed by atoms with Crippen LogP contribution in [0.1, 0.15) is 50.7 Å². The maximum Gasteiger partial charge on any atom is 0.152 e. The number of nitrogens with one attached hydrogen (secondary N) is 1. The van der Waals surface area contributed by atoms with Crippen LogP contribution in [0.2, 0.25) is 5.15 Å². The van der Waals surface area contributed by atoms with E-state index in [1.165, 1.54) is 11.1 Å². The van der Waals surface area contributed by atoms with Crippen molar-refractivity contribution in [3.63, 3.8) is 0 Å². The number of hydrogen-bond donors (Lipinski definition) is 1. The van der Waals surface area contributed by atoms with Gasteiger partial charge in [0, 0.05) is 5.56 Å². The standard InChI is InChI=1S/C14H18ClN3/c1-8(2)10-6-5-7-11(9(3)4)12(10)13-14(15)17-18-16-13/h5-9H,1-4H3,(H,16,17,18). The molecule has 3 nitrogen and oxygen atoms in total. The highest BCUT2D eigenvalue weighted by molar-refractivity contribution is 6.31. The number of aromatic nitrogens is 3. The summed E-state index contributed by atoms with van der Waals surface area (Å²) in [6.45, 7) is 8.71. The van der Waals surface area contributed by atoms with E-state index >= 15 is 0 Å². The van der Waals surface area contributed by atoms with Crippen molar-refractivity contribution in [3.05, 3.63) is 34.5 Å². The van der Waals surface area contributed by atoms with Crippen LogP contribution in [0.15, 0.2) is 18.2 Å². The van der Waals surface area contributed by atoms with Gasteiger partial charge in [-0.25, -0.2) is 5.10 Å². The van der Waals surface area contributed by atoms with Crippen LogP contribution in [0.5, 0.6) is 0 Å². The quantitative estimate of drug-likeness (QED) is 0.893. The number of halogens is 1. The van der Waals surface area contributed by atoms with E-state index < -0.39 is 0 Å². The maximum atomic E-state index is 6.15. The monoisotopic (exact) mass is 263 g/mol. The summed E-state index contributed by atoms with van der Waals surface area (Å²) < 4.78 is 0. The molecule has 0 aliphatic rings. The Balaban J connectivity index is 2.72. The van der Waals surface area contributed by atoms with Crippen molar-refractivity contribution in [1.29, 1.82) is 0 Å². The Hall–Kier alpha value is -1.35. The Morgan fingerprint density at radius 3 is 2.00 bits per heavy atom. The summed E-state index contributed by atoms with van der Waals surface area (Å²) in [5, 5.41) is 11.1. The van der Waals surface area contributed by atoms with Crippen molar-refractivity contribution in [1.82, 2.24) is 15.4 Å². The molecule has 96 valence electrons. The van der Waals surface area contributed by atoms with E-state index in [0.29, 0.717) is 17.0 Å². The van der Waals surface area contributed by atoms with Gasteiger partial charge in [-0.15, -0.1) is 5.10 Å². The van der Waals surface area contributed by atoms with Crippen LogP contribution in [0.4, 0.5) is 0 Å². The molecule has 1 aromatic heterocycles. The van der Waals surface area contributed by atoms with E-state index in [0.717, 1.165) is 11.3 Å². The van der Waals surface area contributed by atoms with Gasteiger partial charge in [-0.1, -0.05) is 62.7 Å². The first-order valence-electron chi connectivity index (χ1n) is 6.22. The van der Waals surface area contributed by atoms with Crippen molar-refractivity contribution in [2.24, 2.45) is 0 Å². The summed E-state index contributed by atoms with van der Waals surface area (Å²) in [4.78, 5) is 0. The zero-order valence-corrected chi connectivity index (χ0v) is 11.9. The molecule has 0 aliphatic carbocycles. The number of aromatic amines is 1. The molecule has 1 aromatic carbocycles. The van der Waals surface area contributed by atoms with Crippen LogP contribution >= 0.6 is 11.6 Å². The van der Waals surface area contributed by atoms with Gasteiger partial charge >= 0.3 is 0 Å². The fourth-order valence-corrected chi connectivity index (χ4v) is 2.37. The Kier molecular flexibility index (Phi) is 3.71. The highest BCUT2D eigenvalue weighted by atomic mass is 35.5. The molecule has 0 bridgehead atoms. The van der Waals surface area contributed by atoms with Gasteiger partial charge in [-0.05, 0) is 23.0 Å². The van der Waals surface area contributed by atoms with Gasteiger partial charge in [0.15, 0.2) is 5.15 Å². The van der Waals surface area contributed by atoms with Gasteiger partial charge in [-0.3, -0.25) is 0 Å². The fraction of sp³-hybridized carbons (Fsp3) is 0.429. The first-order chi connectivity index (χ1) is 8.52. The maximum absolute atomic E-state index is 6.15. The molecule has 1 heterocycles. The molecule has 4 heteroatoms. The molecule has 0 saturated carbocycles.